The van der Waals surface area contributed by atoms with Gasteiger partial charge in [0.2, 0.25) is 5.95 Å². The van der Waals surface area contributed by atoms with Crippen LogP contribution in [-0.4, -0.2) is 66.0 Å². The molecule has 1 aliphatic heterocycles. The minimum absolute atomic E-state index is 0.0295. The number of hydrogen-bond donors (Lipinski definition) is 0. The quantitative estimate of drug-likeness (QED) is 0.845. The predicted molar refractivity (Wildman–Crippen MR) is 93.4 cm³/mol. The van der Waals surface area contributed by atoms with Crippen molar-refractivity contribution in [1.82, 2.24) is 19.9 Å². The maximum atomic E-state index is 12.5. The molecule has 0 spiro atoms. The molecular formula is C17H22N6O. The molecule has 1 amide bonds. The van der Waals surface area contributed by atoms with Crippen molar-refractivity contribution >= 4 is 17.7 Å². The van der Waals surface area contributed by atoms with Crippen molar-refractivity contribution in [2.24, 2.45) is 0 Å². The second-order valence-electron chi connectivity index (χ2n) is 6.08. The first-order chi connectivity index (χ1) is 11.5. The van der Waals surface area contributed by atoms with Crippen LogP contribution in [0.1, 0.15) is 16.1 Å². The average molecular weight is 326 g/mol. The molecule has 0 aliphatic carbocycles. The molecule has 7 nitrogen and oxygen atoms in total. The number of carbonyl (C=O) groups excluding carboxylic acids is 1. The van der Waals surface area contributed by atoms with Crippen LogP contribution in [-0.2, 0) is 0 Å². The van der Waals surface area contributed by atoms with Crippen molar-refractivity contribution in [3.63, 3.8) is 0 Å². The highest BCUT2D eigenvalue weighted by atomic mass is 16.2. The minimum Gasteiger partial charge on any atom is -0.363 e. The van der Waals surface area contributed by atoms with Crippen LogP contribution in [0.3, 0.4) is 0 Å². The van der Waals surface area contributed by atoms with E-state index >= 15 is 0 Å². The summed E-state index contributed by atoms with van der Waals surface area (Å²) >= 11 is 0. The van der Waals surface area contributed by atoms with E-state index in [2.05, 4.69) is 19.9 Å². The number of anilines is 2. The molecule has 2 aromatic heterocycles. The van der Waals surface area contributed by atoms with Crippen LogP contribution >= 0.6 is 0 Å². The molecule has 0 aromatic carbocycles. The topological polar surface area (TPSA) is 65.5 Å². The van der Waals surface area contributed by atoms with Crippen molar-refractivity contribution < 1.29 is 4.79 Å². The summed E-state index contributed by atoms with van der Waals surface area (Å²) in [5, 5.41) is 0. The fourth-order valence-corrected chi connectivity index (χ4v) is 2.69. The molecule has 0 bridgehead atoms. The zero-order valence-electron chi connectivity index (χ0n) is 14.3. The molecule has 126 valence electrons. The Balaban J connectivity index is 1.68. The van der Waals surface area contributed by atoms with Gasteiger partial charge < -0.3 is 14.7 Å². The Morgan fingerprint density at radius 1 is 1.17 bits per heavy atom. The third-order valence-electron chi connectivity index (χ3n) is 4.05. The van der Waals surface area contributed by atoms with Gasteiger partial charge in [-0.25, -0.2) is 4.98 Å². The van der Waals surface area contributed by atoms with Gasteiger partial charge in [-0.2, -0.15) is 4.98 Å². The lowest BCUT2D eigenvalue weighted by atomic mass is 10.2. The summed E-state index contributed by atoms with van der Waals surface area (Å²) < 4.78 is 0. The first-order valence-electron chi connectivity index (χ1n) is 8.02. The molecule has 3 heterocycles. The van der Waals surface area contributed by atoms with Gasteiger partial charge in [-0.1, -0.05) is 0 Å². The molecule has 0 N–H and O–H groups in total. The van der Waals surface area contributed by atoms with Crippen LogP contribution in [0.25, 0.3) is 0 Å². The zero-order valence-corrected chi connectivity index (χ0v) is 14.3. The van der Waals surface area contributed by atoms with Gasteiger partial charge in [-0.15, -0.1) is 0 Å². The molecule has 2 aromatic rings. The maximum Gasteiger partial charge on any atom is 0.255 e. The van der Waals surface area contributed by atoms with E-state index in [1.807, 2.05) is 36.9 Å². The van der Waals surface area contributed by atoms with E-state index in [4.69, 9.17) is 0 Å². The molecule has 7 heteroatoms. The summed E-state index contributed by atoms with van der Waals surface area (Å²) in [6, 6.07) is 5.55. The molecule has 1 saturated heterocycles. The van der Waals surface area contributed by atoms with E-state index in [-0.39, 0.29) is 5.91 Å². The maximum absolute atomic E-state index is 12.5. The summed E-state index contributed by atoms with van der Waals surface area (Å²) in [5.74, 6) is 1.65. The first kappa shape index (κ1) is 16.2. The SMILES string of the molecule is Cc1cc(N(C)C)nc(N2CCN(C(=O)c3cccnc3)CC2)n1. The second-order valence-corrected chi connectivity index (χ2v) is 6.08. The van der Waals surface area contributed by atoms with Gasteiger partial charge in [0.05, 0.1) is 5.56 Å². The van der Waals surface area contributed by atoms with E-state index in [1.54, 1.807) is 24.5 Å². The van der Waals surface area contributed by atoms with Crippen LogP contribution in [0.5, 0.6) is 0 Å². The lowest BCUT2D eigenvalue weighted by Crippen LogP contribution is -2.49. The van der Waals surface area contributed by atoms with Crippen LogP contribution in [0.2, 0.25) is 0 Å². The van der Waals surface area contributed by atoms with Crippen LogP contribution in [0, 0.1) is 6.92 Å². The molecule has 0 saturated carbocycles. The molecule has 0 radical (unpaired) electrons. The van der Waals surface area contributed by atoms with Gasteiger partial charge in [0.1, 0.15) is 5.82 Å². The van der Waals surface area contributed by atoms with Crippen molar-refractivity contribution in [3.05, 3.63) is 41.9 Å². The van der Waals surface area contributed by atoms with Crippen LogP contribution in [0.4, 0.5) is 11.8 Å². The Hall–Kier alpha value is -2.70. The largest absolute Gasteiger partial charge is 0.363 e. The van der Waals surface area contributed by atoms with E-state index in [1.165, 1.54) is 0 Å². The van der Waals surface area contributed by atoms with Gasteiger partial charge in [0.15, 0.2) is 0 Å². The third kappa shape index (κ3) is 3.45. The molecule has 24 heavy (non-hydrogen) atoms. The highest BCUT2D eigenvalue weighted by Crippen LogP contribution is 2.18. The highest BCUT2D eigenvalue weighted by molar-refractivity contribution is 5.94. The number of pyridine rings is 1. The van der Waals surface area contributed by atoms with Crippen molar-refractivity contribution in [2.75, 3.05) is 50.1 Å². The van der Waals surface area contributed by atoms with E-state index < -0.39 is 0 Å². The van der Waals surface area contributed by atoms with Gasteiger partial charge >= 0.3 is 0 Å². The van der Waals surface area contributed by atoms with Gasteiger partial charge in [0, 0.05) is 64.4 Å². The third-order valence-corrected chi connectivity index (χ3v) is 4.05. The van der Waals surface area contributed by atoms with Gasteiger partial charge in [-0.3, -0.25) is 9.78 Å². The number of rotatable bonds is 3. The number of hydrogen-bond acceptors (Lipinski definition) is 6. The Morgan fingerprint density at radius 2 is 1.92 bits per heavy atom. The lowest BCUT2D eigenvalue weighted by Gasteiger charge is -2.35. The fraction of sp³-hybridized carbons (Fsp3) is 0.412. The number of aryl methyl sites for hydroxylation is 1. The van der Waals surface area contributed by atoms with Crippen LogP contribution < -0.4 is 9.80 Å². The highest BCUT2D eigenvalue weighted by Gasteiger charge is 2.24. The van der Waals surface area contributed by atoms with Crippen LogP contribution in [0.15, 0.2) is 30.6 Å². The summed E-state index contributed by atoms with van der Waals surface area (Å²) in [6.45, 7) is 4.73. The lowest BCUT2D eigenvalue weighted by molar-refractivity contribution is 0.0746. The normalized spacial score (nSPS) is 14.6. The van der Waals surface area contributed by atoms with Crippen molar-refractivity contribution in [1.29, 1.82) is 0 Å². The number of nitrogens with zero attached hydrogens (tertiary/aromatic N) is 6. The van der Waals surface area contributed by atoms with Crippen molar-refractivity contribution in [3.8, 4) is 0 Å². The van der Waals surface area contributed by atoms with E-state index in [0.717, 1.165) is 30.5 Å². The molecule has 3 rings (SSSR count). The summed E-state index contributed by atoms with van der Waals surface area (Å²) in [7, 11) is 3.94. The summed E-state index contributed by atoms with van der Waals surface area (Å²) in [6.07, 6.45) is 3.29. The number of amides is 1. The number of piperazine rings is 1. The van der Waals surface area contributed by atoms with E-state index in [0.29, 0.717) is 18.7 Å². The molecule has 0 atom stereocenters. The first-order valence-corrected chi connectivity index (χ1v) is 8.02. The smallest absolute Gasteiger partial charge is 0.255 e. The van der Waals surface area contributed by atoms with Crippen molar-refractivity contribution in [2.45, 2.75) is 6.92 Å². The summed E-state index contributed by atoms with van der Waals surface area (Å²) in [4.78, 5) is 31.6. The summed E-state index contributed by atoms with van der Waals surface area (Å²) in [5.41, 5.74) is 1.57. The zero-order chi connectivity index (χ0) is 17.1. The molecule has 1 fully saturated rings. The Labute approximate surface area is 142 Å². The number of aromatic nitrogens is 3. The Morgan fingerprint density at radius 3 is 2.54 bits per heavy atom. The minimum atomic E-state index is 0.0295. The number of carbonyl (C=O) groups is 1. The molecule has 1 aliphatic rings. The van der Waals surface area contributed by atoms with E-state index in [9.17, 15) is 4.79 Å². The Kier molecular flexibility index (Phi) is 4.59. The standard InChI is InChI=1S/C17H22N6O/c1-13-11-15(21(2)3)20-17(19-13)23-9-7-22(8-10-23)16(24)14-5-4-6-18-12-14/h4-6,11-12H,7-10H2,1-3H3. The molecule has 0 unspecified atom stereocenters. The second kappa shape index (κ2) is 6.82. The Bertz CT molecular complexity index is 710. The van der Waals surface area contributed by atoms with Gasteiger partial charge in [0.25, 0.3) is 5.91 Å². The fourth-order valence-electron chi connectivity index (χ4n) is 2.69. The molecular weight excluding hydrogens is 304 g/mol. The average Bonchev–Trinajstić information content (AvgIpc) is 2.61. The predicted octanol–water partition coefficient (Wildman–Crippen LogP) is 1.21. The van der Waals surface area contributed by atoms with Gasteiger partial charge in [-0.05, 0) is 19.1 Å². The monoisotopic (exact) mass is 326 g/mol.